The molecule has 0 amide bonds. The van der Waals surface area contributed by atoms with Crippen LogP contribution in [0.25, 0.3) is 22.1 Å². The summed E-state index contributed by atoms with van der Waals surface area (Å²) in [5.41, 5.74) is 2.39. The first-order valence-electron chi connectivity index (χ1n) is 10.7. The van der Waals surface area contributed by atoms with Crippen LogP contribution in [0.3, 0.4) is 0 Å². The lowest BCUT2D eigenvalue weighted by Crippen LogP contribution is -2.39. The zero-order valence-electron chi connectivity index (χ0n) is 18.9. The highest BCUT2D eigenvalue weighted by molar-refractivity contribution is 6.35. The topological polar surface area (TPSA) is 127 Å². The van der Waals surface area contributed by atoms with E-state index < -0.39 is 17.2 Å². The minimum atomic E-state index is -0.909. The van der Waals surface area contributed by atoms with Gasteiger partial charge in [-0.2, -0.15) is 4.98 Å². The number of aliphatic carboxylic acids is 1. The van der Waals surface area contributed by atoms with Gasteiger partial charge < -0.3 is 20.0 Å². The molecule has 3 N–H and O–H groups in total. The number of imidazole rings is 1. The fourth-order valence-electron chi connectivity index (χ4n) is 4.14. The van der Waals surface area contributed by atoms with Gasteiger partial charge in [-0.25, -0.2) is 4.79 Å². The monoisotopic (exact) mass is 492 g/mol. The van der Waals surface area contributed by atoms with E-state index in [1.54, 1.807) is 49.0 Å². The predicted octanol–water partition coefficient (Wildman–Crippen LogP) is 2.99. The Balaban J connectivity index is 1.53. The Kier molecular flexibility index (Phi) is 5.45. The lowest BCUT2D eigenvalue weighted by atomic mass is 10.1. The first-order chi connectivity index (χ1) is 16.7. The fourth-order valence-corrected chi connectivity index (χ4v) is 4.37. The number of aryl methyl sites for hydroxylation is 2. The summed E-state index contributed by atoms with van der Waals surface area (Å²) >= 11 is 6.26. The molecule has 0 unspecified atom stereocenters. The molecule has 0 aliphatic heterocycles. The van der Waals surface area contributed by atoms with Gasteiger partial charge in [0.2, 0.25) is 5.95 Å². The molecule has 0 atom stereocenters. The Hall–Kier alpha value is -4.31. The van der Waals surface area contributed by atoms with Gasteiger partial charge in [0.25, 0.3) is 5.56 Å². The molecule has 0 bridgehead atoms. The molecule has 0 saturated heterocycles. The van der Waals surface area contributed by atoms with E-state index in [0.29, 0.717) is 27.9 Å². The smallest absolute Gasteiger partial charge is 0.332 e. The molecule has 5 aromatic rings. The summed E-state index contributed by atoms with van der Waals surface area (Å²) in [5.74, 6) is -0.540. The van der Waals surface area contributed by atoms with E-state index >= 15 is 0 Å². The number of benzene rings is 2. The number of carboxylic acid groups (broad SMARTS) is 1. The number of carbonyl (C=O) groups is 1. The van der Waals surface area contributed by atoms with Gasteiger partial charge in [0, 0.05) is 41.4 Å². The minimum Gasteiger partial charge on any atom is -0.481 e. The summed E-state index contributed by atoms with van der Waals surface area (Å²) in [6.45, 7) is 0.0471. The SMILES string of the molecule is Cn1c(Nc2ccc(CC(=O)O)cc2)nc2c1c(=O)n(Cc1cc3c(Cl)cccc3[nH]1)c(=O)n2C. The molecule has 3 aromatic heterocycles. The number of rotatable bonds is 6. The van der Waals surface area contributed by atoms with Crippen molar-refractivity contribution >= 4 is 51.3 Å². The summed E-state index contributed by atoms with van der Waals surface area (Å²) < 4.78 is 4.10. The Bertz CT molecular complexity index is 1730. The van der Waals surface area contributed by atoms with E-state index in [9.17, 15) is 14.4 Å². The van der Waals surface area contributed by atoms with Crippen molar-refractivity contribution in [2.45, 2.75) is 13.0 Å². The van der Waals surface area contributed by atoms with Crippen LogP contribution in [0.15, 0.2) is 58.1 Å². The second-order valence-electron chi connectivity index (χ2n) is 8.29. The van der Waals surface area contributed by atoms with Crippen molar-refractivity contribution in [3.8, 4) is 0 Å². The number of nitrogens with one attached hydrogen (secondary N) is 2. The fraction of sp³-hybridized carbons (Fsp3) is 0.167. The van der Waals surface area contributed by atoms with Crippen molar-refractivity contribution in [1.29, 1.82) is 0 Å². The molecule has 10 nitrogen and oxygen atoms in total. The van der Waals surface area contributed by atoms with E-state index in [2.05, 4.69) is 15.3 Å². The maximum absolute atomic E-state index is 13.4. The summed E-state index contributed by atoms with van der Waals surface area (Å²) in [4.78, 5) is 45.0. The van der Waals surface area contributed by atoms with E-state index in [-0.39, 0.29) is 24.1 Å². The Morgan fingerprint density at radius 1 is 1.11 bits per heavy atom. The molecule has 0 spiro atoms. The molecule has 0 saturated carbocycles. The molecule has 2 aromatic carbocycles. The van der Waals surface area contributed by atoms with Crippen LogP contribution in [-0.4, -0.2) is 34.7 Å². The third-order valence-corrected chi connectivity index (χ3v) is 6.25. The van der Waals surface area contributed by atoms with Gasteiger partial charge in [0.1, 0.15) is 0 Å². The van der Waals surface area contributed by atoms with Crippen molar-refractivity contribution in [2.75, 3.05) is 5.32 Å². The molecule has 0 radical (unpaired) electrons. The van der Waals surface area contributed by atoms with E-state index in [0.717, 1.165) is 15.5 Å². The number of nitrogens with zero attached hydrogens (tertiary/aromatic N) is 4. The predicted molar refractivity (Wildman–Crippen MR) is 134 cm³/mol. The van der Waals surface area contributed by atoms with E-state index in [4.69, 9.17) is 16.7 Å². The third kappa shape index (κ3) is 3.97. The average Bonchev–Trinajstić information content (AvgIpc) is 3.38. The van der Waals surface area contributed by atoms with Gasteiger partial charge in [-0.05, 0) is 35.9 Å². The number of hydrogen-bond acceptors (Lipinski definition) is 5. The van der Waals surface area contributed by atoms with Crippen molar-refractivity contribution in [1.82, 2.24) is 23.7 Å². The zero-order chi connectivity index (χ0) is 24.9. The quantitative estimate of drug-likeness (QED) is 0.334. The number of fused-ring (bicyclic) bond motifs is 2. The number of hydrogen-bond donors (Lipinski definition) is 3. The largest absolute Gasteiger partial charge is 0.481 e. The second-order valence-corrected chi connectivity index (χ2v) is 8.69. The average molecular weight is 493 g/mol. The standard InChI is InChI=1S/C24H21ClN6O4/c1-29-20-21(28-23(29)27-14-8-6-13(7-9-14)10-19(32)33)30(2)24(35)31(22(20)34)12-15-11-16-17(25)4-3-5-18(16)26-15/h3-9,11,26H,10,12H2,1-2H3,(H,27,28)(H,32,33). The number of H-pyrrole nitrogens is 1. The van der Waals surface area contributed by atoms with Crippen LogP contribution in [-0.2, 0) is 31.9 Å². The van der Waals surface area contributed by atoms with E-state index in [1.807, 2.05) is 18.2 Å². The summed E-state index contributed by atoms with van der Waals surface area (Å²) in [5, 5.41) is 13.5. The second kappa shape index (κ2) is 8.48. The number of aromatic nitrogens is 5. The molecule has 0 aliphatic carbocycles. The van der Waals surface area contributed by atoms with Crippen molar-refractivity contribution in [2.24, 2.45) is 14.1 Å². The van der Waals surface area contributed by atoms with Crippen molar-refractivity contribution in [3.63, 3.8) is 0 Å². The molecule has 3 heterocycles. The number of aromatic amines is 1. The summed E-state index contributed by atoms with van der Waals surface area (Å²) in [6, 6.07) is 14.2. The maximum Gasteiger partial charge on any atom is 0.332 e. The molecule has 11 heteroatoms. The third-order valence-electron chi connectivity index (χ3n) is 5.92. The number of carboxylic acids is 1. The number of anilines is 2. The molecule has 35 heavy (non-hydrogen) atoms. The summed E-state index contributed by atoms with van der Waals surface area (Å²) in [7, 11) is 3.26. The van der Waals surface area contributed by atoms with Gasteiger partial charge in [0.15, 0.2) is 11.2 Å². The van der Waals surface area contributed by atoms with Gasteiger partial charge in [0.05, 0.1) is 13.0 Å². The Morgan fingerprint density at radius 3 is 2.54 bits per heavy atom. The molecule has 0 aliphatic rings. The van der Waals surface area contributed by atoms with E-state index in [1.165, 1.54) is 4.57 Å². The van der Waals surface area contributed by atoms with Crippen molar-refractivity contribution < 1.29 is 9.90 Å². The lowest BCUT2D eigenvalue weighted by Gasteiger charge is -2.08. The molecule has 5 rings (SSSR count). The van der Waals surface area contributed by atoms with Crippen LogP contribution < -0.4 is 16.6 Å². The highest BCUT2D eigenvalue weighted by atomic mass is 35.5. The van der Waals surface area contributed by atoms with Gasteiger partial charge in [-0.3, -0.25) is 18.7 Å². The zero-order valence-corrected chi connectivity index (χ0v) is 19.6. The number of halogens is 1. The van der Waals surface area contributed by atoms with Crippen LogP contribution in [0.2, 0.25) is 5.02 Å². The molecular weight excluding hydrogens is 472 g/mol. The van der Waals surface area contributed by atoms with Crippen LogP contribution in [0.5, 0.6) is 0 Å². The van der Waals surface area contributed by atoms with Gasteiger partial charge in [-0.15, -0.1) is 0 Å². The molecule has 0 fully saturated rings. The minimum absolute atomic E-state index is 0.0471. The maximum atomic E-state index is 13.4. The Morgan fingerprint density at radius 2 is 1.86 bits per heavy atom. The molecular formula is C24H21ClN6O4. The highest BCUT2D eigenvalue weighted by Gasteiger charge is 2.19. The first kappa shape index (κ1) is 22.5. The van der Waals surface area contributed by atoms with Gasteiger partial charge >= 0.3 is 11.7 Å². The normalized spacial score (nSPS) is 11.4. The first-order valence-corrected chi connectivity index (χ1v) is 11.1. The van der Waals surface area contributed by atoms with Crippen molar-refractivity contribution in [3.05, 3.63) is 85.6 Å². The Labute approximate surface area is 203 Å². The van der Waals surface area contributed by atoms with Crippen LogP contribution in [0.1, 0.15) is 11.3 Å². The summed E-state index contributed by atoms with van der Waals surface area (Å²) in [6.07, 6.45) is -0.0726. The molecule has 178 valence electrons. The lowest BCUT2D eigenvalue weighted by molar-refractivity contribution is -0.136. The van der Waals surface area contributed by atoms with Crippen LogP contribution >= 0.6 is 11.6 Å². The van der Waals surface area contributed by atoms with Crippen LogP contribution in [0, 0.1) is 0 Å². The highest BCUT2D eigenvalue weighted by Crippen LogP contribution is 2.24. The van der Waals surface area contributed by atoms with Crippen LogP contribution in [0.4, 0.5) is 11.6 Å². The van der Waals surface area contributed by atoms with Gasteiger partial charge in [-0.1, -0.05) is 29.8 Å².